The number of piperidine rings is 1. The molecule has 2 aliphatic rings. The number of hydrogen-bond donors (Lipinski definition) is 1. The first-order valence-electron chi connectivity index (χ1n) is 12.1. The molecule has 0 radical (unpaired) electrons. The Morgan fingerprint density at radius 1 is 1.06 bits per heavy atom. The Hall–Kier alpha value is -3.01. The summed E-state index contributed by atoms with van der Waals surface area (Å²) in [5, 5.41) is 15.9. The molecule has 1 aromatic heterocycles. The highest BCUT2D eigenvalue weighted by Crippen LogP contribution is 2.36. The summed E-state index contributed by atoms with van der Waals surface area (Å²) >= 11 is 0. The van der Waals surface area contributed by atoms with Crippen molar-refractivity contribution in [2.24, 2.45) is 0 Å². The molecule has 2 saturated heterocycles. The third-order valence-electron chi connectivity index (χ3n) is 7.21. The average molecular weight is 483 g/mol. The Bertz CT molecular complexity index is 1170. The van der Waals surface area contributed by atoms with Crippen LogP contribution in [0, 0.1) is 5.82 Å². The number of likely N-dealkylation sites (tertiary alicyclic amines) is 1. The fourth-order valence-corrected chi connectivity index (χ4v) is 5.00. The zero-order chi connectivity index (χ0) is 24.4. The molecule has 0 unspecified atom stereocenters. The summed E-state index contributed by atoms with van der Waals surface area (Å²) in [6, 6.07) is 12.3. The SMILES string of the molecule is COc1ccc(CN2CCN(C(=O)CN3CCC(O)(c4noc5cc(F)ccc45)CC3)CC2)cc1. The van der Waals surface area contributed by atoms with E-state index in [0.29, 0.717) is 62.2 Å². The second kappa shape index (κ2) is 9.93. The number of halogens is 1. The number of rotatable bonds is 6. The molecular formula is C26H31FN4O4. The Morgan fingerprint density at radius 2 is 1.77 bits per heavy atom. The van der Waals surface area contributed by atoms with Gasteiger partial charge in [-0.15, -0.1) is 0 Å². The molecule has 186 valence electrons. The van der Waals surface area contributed by atoms with Gasteiger partial charge in [-0.05, 0) is 42.7 Å². The van der Waals surface area contributed by atoms with Crippen LogP contribution in [0.1, 0.15) is 24.1 Å². The van der Waals surface area contributed by atoms with Crippen molar-refractivity contribution in [3.8, 4) is 5.75 Å². The van der Waals surface area contributed by atoms with Crippen LogP contribution < -0.4 is 4.74 Å². The summed E-state index contributed by atoms with van der Waals surface area (Å²) in [5.41, 5.74) is 0.871. The third-order valence-corrected chi connectivity index (χ3v) is 7.21. The van der Waals surface area contributed by atoms with Crippen molar-refractivity contribution >= 4 is 16.9 Å². The molecule has 1 N–H and O–H groups in total. The van der Waals surface area contributed by atoms with Gasteiger partial charge in [0.2, 0.25) is 5.91 Å². The lowest BCUT2D eigenvalue weighted by atomic mass is 9.86. The number of fused-ring (bicyclic) bond motifs is 1. The molecule has 5 rings (SSSR count). The lowest BCUT2D eigenvalue weighted by Crippen LogP contribution is -2.52. The number of aliphatic hydroxyl groups is 1. The number of carbonyl (C=O) groups excluding carboxylic acids is 1. The quantitative estimate of drug-likeness (QED) is 0.578. The summed E-state index contributed by atoms with van der Waals surface area (Å²) in [4.78, 5) is 19.3. The van der Waals surface area contributed by atoms with E-state index in [1.807, 2.05) is 17.0 Å². The predicted molar refractivity (Wildman–Crippen MR) is 128 cm³/mol. The molecule has 0 atom stereocenters. The molecule has 0 aliphatic carbocycles. The van der Waals surface area contributed by atoms with Gasteiger partial charge in [0.25, 0.3) is 0 Å². The molecule has 0 bridgehead atoms. The van der Waals surface area contributed by atoms with Crippen LogP contribution in [0.3, 0.4) is 0 Å². The second-order valence-corrected chi connectivity index (χ2v) is 9.48. The number of nitrogens with zero attached hydrogens (tertiary/aromatic N) is 4. The Kier molecular flexibility index (Phi) is 6.73. The van der Waals surface area contributed by atoms with Gasteiger partial charge < -0.3 is 19.3 Å². The zero-order valence-electron chi connectivity index (χ0n) is 20.0. The van der Waals surface area contributed by atoms with E-state index in [9.17, 15) is 14.3 Å². The molecule has 0 spiro atoms. The predicted octanol–water partition coefficient (Wildman–Crippen LogP) is 2.60. The highest BCUT2D eigenvalue weighted by Gasteiger charge is 2.39. The number of carbonyl (C=O) groups is 1. The van der Waals surface area contributed by atoms with Gasteiger partial charge in [0.05, 0.1) is 13.7 Å². The molecule has 35 heavy (non-hydrogen) atoms. The number of hydrogen-bond acceptors (Lipinski definition) is 7. The minimum Gasteiger partial charge on any atom is -0.497 e. The monoisotopic (exact) mass is 482 g/mol. The smallest absolute Gasteiger partial charge is 0.236 e. The number of ether oxygens (including phenoxy) is 1. The molecule has 8 nitrogen and oxygen atoms in total. The highest BCUT2D eigenvalue weighted by molar-refractivity contribution is 5.80. The molecule has 2 aliphatic heterocycles. The Labute approximate surface area is 203 Å². The molecule has 0 saturated carbocycles. The normalized spacial score (nSPS) is 19.2. The van der Waals surface area contributed by atoms with E-state index in [-0.39, 0.29) is 5.91 Å². The number of benzene rings is 2. The van der Waals surface area contributed by atoms with Crippen LogP contribution in [0.15, 0.2) is 47.0 Å². The minimum absolute atomic E-state index is 0.127. The van der Waals surface area contributed by atoms with E-state index in [2.05, 4.69) is 27.1 Å². The van der Waals surface area contributed by atoms with Gasteiger partial charge in [-0.2, -0.15) is 0 Å². The van der Waals surface area contributed by atoms with Gasteiger partial charge in [-0.25, -0.2) is 4.39 Å². The van der Waals surface area contributed by atoms with Crippen LogP contribution in [0.2, 0.25) is 0 Å². The van der Waals surface area contributed by atoms with Gasteiger partial charge in [0.1, 0.15) is 22.9 Å². The van der Waals surface area contributed by atoms with E-state index in [0.717, 1.165) is 25.4 Å². The topological polar surface area (TPSA) is 82.3 Å². The number of aromatic nitrogens is 1. The Balaban J connectivity index is 1.10. The second-order valence-electron chi connectivity index (χ2n) is 9.48. The molecule has 2 aromatic carbocycles. The van der Waals surface area contributed by atoms with E-state index >= 15 is 0 Å². The van der Waals surface area contributed by atoms with Crippen LogP contribution >= 0.6 is 0 Å². The van der Waals surface area contributed by atoms with E-state index in [4.69, 9.17) is 9.26 Å². The van der Waals surface area contributed by atoms with Gasteiger partial charge in [-0.3, -0.25) is 14.6 Å². The van der Waals surface area contributed by atoms with Crippen molar-refractivity contribution in [1.82, 2.24) is 19.9 Å². The van der Waals surface area contributed by atoms with E-state index < -0.39 is 11.4 Å². The first-order valence-corrected chi connectivity index (χ1v) is 12.1. The standard InChI is InChI=1S/C26H31FN4O4/c1-34-21-5-2-19(3-6-21)17-30-12-14-31(15-13-30)24(32)18-29-10-8-26(33,9-11-29)25-22-7-4-20(27)16-23(22)35-28-25/h2-7,16,33H,8-15,17-18H2,1H3. The fraction of sp³-hybridized carbons (Fsp3) is 0.462. The third kappa shape index (κ3) is 5.17. The van der Waals surface area contributed by atoms with Crippen molar-refractivity contribution in [2.45, 2.75) is 25.0 Å². The lowest BCUT2D eigenvalue weighted by Gasteiger charge is -2.39. The largest absolute Gasteiger partial charge is 0.497 e. The summed E-state index contributed by atoms with van der Waals surface area (Å²) < 4.78 is 23.9. The maximum Gasteiger partial charge on any atom is 0.236 e. The fourth-order valence-electron chi connectivity index (χ4n) is 5.00. The maximum atomic E-state index is 13.5. The van der Waals surface area contributed by atoms with Crippen LogP contribution in [-0.4, -0.2) is 83.8 Å². The van der Waals surface area contributed by atoms with Crippen LogP contribution in [0.4, 0.5) is 4.39 Å². The number of amides is 1. The van der Waals surface area contributed by atoms with Gasteiger partial charge in [-0.1, -0.05) is 17.3 Å². The van der Waals surface area contributed by atoms with Crippen molar-refractivity contribution in [3.63, 3.8) is 0 Å². The molecule has 1 amide bonds. The first kappa shape index (κ1) is 23.7. The zero-order valence-corrected chi connectivity index (χ0v) is 20.0. The minimum atomic E-state index is -1.14. The first-order chi connectivity index (χ1) is 16.9. The maximum absolute atomic E-state index is 13.5. The van der Waals surface area contributed by atoms with E-state index in [1.54, 1.807) is 13.2 Å². The highest BCUT2D eigenvalue weighted by atomic mass is 19.1. The van der Waals surface area contributed by atoms with Gasteiger partial charge in [0, 0.05) is 57.3 Å². The number of methoxy groups -OCH3 is 1. The van der Waals surface area contributed by atoms with Crippen LogP contribution in [-0.2, 0) is 16.9 Å². The van der Waals surface area contributed by atoms with Crippen molar-refractivity contribution < 1.29 is 23.6 Å². The van der Waals surface area contributed by atoms with Crippen molar-refractivity contribution in [3.05, 3.63) is 59.5 Å². The molecule has 3 aromatic rings. The van der Waals surface area contributed by atoms with E-state index in [1.165, 1.54) is 17.7 Å². The lowest BCUT2D eigenvalue weighted by molar-refractivity contribution is -0.135. The summed E-state index contributed by atoms with van der Waals surface area (Å²) in [6.45, 7) is 5.49. The summed E-state index contributed by atoms with van der Waals surface area (Å²) in [5.74, 6) is 0.578. The van der Waals surface area contributed by atoms with Crippen LogP contribution in [0.5, 0.6) is 5.75 Å². The Morgan fingerprint density at radius 3 is 2.46 bits per heavy atom. The average Bonchev–Trinajstić information content (AvgIpc) is 3.30. The van der Waals surface area contributed by atoms with Crippen LogP contribution in [0.25, 0.3) is 11.0 Å². The summed E-state index contributed by atoms with van der Waals surface area (Å²) in [6.07, 6.45) is 0.879. The number of piperazine rings is 1. The molecule has 9 heteroatoms. The summed E-state index contributed by atoms with van der Waals surface area (Å²) in [7, 11) is 1.66. The van der Waals surface area contributed by atoms with Crippen molar-refractivity contribution in [1.29, 1.82) is 0 Å². The molecular weight excluding hydrogens is 451 g/mol. The van der Waals surface area contributed by atoms with Gasteiger partial charge in [0.15, 0.2) is 5.58 Å². The van der Waals surface area contributed by atoms with Crippen molar-refractivity contribution in [2.75, 3.05) is 52.9 Å². The molecule has 2 fully saturated rings. The molecule has 3 heterocycles. The van der Waals surface area contributed by atoms with Gasteiger partial charge >= 0.3 is 0 Å².